The molecule has 0 fully saturated rings. The van der Waals surface area contributed by atoms with Gasteiger partial charge in [-0.05, 0) is 36.8 Å². The number of halogens is 1. The molecule has 1 aromatic carbocycles. The predicted octanol–water partition coefficient (Wildman–Crippen LogP) is 2.75. The van der Waals surface area contributed by atoms with Crippen LogP contribution in [0.5, 0.6) is 0 Å². The highest BCUT2D eigenvalue weighted by molar-refractivity contribution is 7.94. The van der Waals surface area contributed by atoms with Gasteiger partial charge >= 0.3 is 0 Å². The number of aromatic nitrogens is 2. The lowest BCUT2D eigenvalue weighted by molar-refractivity contribution is 0.600. The Labute approximate surface area is 141 Å². The van der Waals surface area contributed by atoms with Crippen LogP contribution in [0.3, 0.4) is 0 Å². The third-order valence-corrected chi connectivity index (χ3v) is 5.99. The first-order valence-corrected chi connectivity index (χ1v) is 9.15. The summed E-state index contributed by atoms with van der Waals surface area (Å²) < 4.78 is 40.9. The molecule has 9 heteroatoms. The molecule has 0 spiro atoms. The molecule has 0 aliphatic carbocycles. The first-order chi connectivity index (χ1) is 11.3. The molecule has 24 heavy (non-hydrogen) atoms. The van der Waals surface area contributed by atoms with Gasteiger partial charge in [-0.2, -0.15) is 5.10 Å². The molecule has 0 aliphatic heterocycles. The van der Waals surface area contributed by atoms with Crippen molar-refractivity contribution >= 4 is 27.0 Å². The third kappa shape index (κ3) is 3.36. The maximum atomic E-state index is 13.8. The lowest BCUT2D eigenvalue weighted by Gasteiger charge is -2.08. The van der Waals surface area contributed by atoms with E-state index in [4.69, 9.17) is 0 Å². The smallest absolute Gasteiger partial charge is 0.271 e. The van der Waals surface area contributed by atoms with Gasteiger partial charge in [0.15, 0.2) is 0 Å². The van der Waals surface area contributed by atoms with E-state index in [-0.39, 0.29) is 15.5 Å². The van der Waals surface area contributed by atoms with Gasteiger partial charge in [-0.1, -0.05) is 6.07 Å². The molecule has 0 radical (unpaired) electrons. The molecule has 0 aliphatic rings. The van der Waals surface area contributed by atoms with Gasteiger partial charge in [-0.3, -0.25) is 9.52 Å². The van der Waals surface area contributed by atoms with E-state index in [0.717, 1.165) is 16.9 Å². The van der Waals surface area contributed by atoms with Crippen molar-refractivity contribution in [1.29, 1.82) is 0 Å². The lowest BCUT2D eigenvalue weighted by Crippen LogP contribution is -2.12. The standard InChI is InChI=1S/C15H12FN3O3S2/c1-9-2-3-11(16)13(6-9)19-24(21,22)15-7-10(8-23-15)12-4-5-14(20)18-17-12/h2-8,19H,1H3,(H,18,20). The number of hydrogen-bond acceptors (Lipinski definition) is 5. The molecular formula is C15H12FN3O3S2. The van der Waals surface area contributed by atoms with Crippen LogP contribution in [-0.2, 0) is 10.0 Å². The van der Waals surface area contributed by atoms with Gasteiger partial charge in [-0.25, -0.2) is 17.9 Å². The summed E-state index contributed by atoms with van der Waals surface area (Å²) in [5.74, 6) is -0.650. The Morgan fingerprint density at radius 2 is 2.00 bits per heavy atom. The zero-order chi connectivity index (χ0) is 17.3. The molecule has 6 nitrogen and oxygen atoms in total. The monoisotopic (exact) mass is 365 g/mol. The number of thiophene rings is 1. The van der Waals surface area contributed by atoms with Crippen molar-refractivity contribution in [2.45, 2.75) is 11.1 Å². The molecule has 2 N–H and O–H groups in total. The number of nitrogens with one attached hydrogen (secondary N) is 2. The summed E-state index contributed by atoms with van der Waals surface area (Å²) in [6, 6.07) is 8.39. The van der Waals surface area contributed by atoms with Crippen LogP contribution in [0, 0.1) is 12.7 Å². The molecule has 0 bridgehead atoms. The third-order valence-electron chi connectivity index (χ3n) is 3.18. The predicted molar refractivity (Wildman–Crippen MR) is 90.1 cm³/mol. The van der Waals surface area contributed by atoms with Crippen LogP contribution in [0.4, 0.5) is 10.1 Å². The van der Waals surface area contributed by atoms with Crippen molar-refractivity contribution in [1.82, 2.24) is 10.2 Å². The van der Waals surface area contributed by atoms with E-state index in [2.05, 4.69) is 14.9 Å². The van der Waals surface area contributed by atoms with Crippen molar-refractivity contribution in [2.75, 3.05) is 4.72 Å². The highest BCUT2D eigenvalue weighted by atomic mass is 32.2. The number of sulfonamides is 1. The molecule has 0 saturated carbocycles. The Morgan fingerprint density at radius 3 is 2.71 bits per heavy atom. The lowest BCUT2D eigenvalue weighted by atomic mass is 10.2. The summed E-state index contributed by atoms with van der Waals surface area (Å²) in [6.07, 6.45) is 0. The van der Waals surface area contributed by atoms with Crippen LogP contribution in [0.2, 0.25) is 0 Å². The number of rotatable bonds is 4. The molecule has 0 unspecified atom stereocenters. The topological polar surface area (TPSA) is 91.9 Å². The fourth-order valence-electron chi connectivity index (χ4n) is 2.01. The van der Waals surface area contributed by atoms with E-state index in [1.54, 1.807) is 18.4 Å². The molecule has 124 valence electrons. The molecule has 3 aromatic rings. The summed E-state index contributed by atoms with van der Waals surface area (Å²) >= 11 is 0.980. The molecule has 0 saturated heterocycles. The minimum Gasteiger partial charge on any atom is -0.276 e. The van der Waals surface area contributed by atoms with Gasteiger partial charge in [0.05, 0.1) is 11.4 Å². The fraction of sp³-hybridized carbons (Fsp3) is 0.0667. The summed E-state index contributed by atoms with van der Waals surface area (Å²) in [7, 11) is -3.92. The fourth-order valence-corrected chi connectivity index (χ4v) is 4.24. The molecule has 3 rings (SSSR count). The highest BCUT2D eigenvalue weighted by Crippen LogP contribution is 2.29. The molecule has 0 amide bonds. The average Bonchev–Trinajstić information content (AvgIpc) is 3.02. The van der Waals surface area contributed by atoms with Crippen LogP contribution in [0.15, 0.2) is 50.8 Å². The summed E-state index contributed by atoms with van der Waals surface area (Å²) in [6.45, 7) is 1.74. The van der Waals surface area contributed by atoms with Crippen LogP contribution >= 0.6 is 11.3 Å². The second-order valence-electron chi connectivity index (χ2n) is 5.05. The van der Waals surface area contributed by atoms with Gasteiger partial charge in [0.25, 0.3) is 15.6 Å². The molecule has 2 aromatic heterocycles. The van der Waals surface area contributed by atoms with Crippen molar-refractivity contribution in [3.8, 4) is 11.3 Å². The van der Waals surface area contributed by atoms with Crippen LogP contribution in [0.1, 0.15) is 5.56 Å². The Morgan fingerprint density at radius 1 is 1.21 bits per heavy atom. The van der Waals surface area contributed by atoms with Crippen LogP contribution in [0.25, 0.3) is 11.3 Å². The van der Waals surface area contributed by atoms with Gasteiger partial charge in [-0.15, -0.1) is 11.3 Å². The zero-order valence-electron chi connectivity index (χ0n) is 12.4. The molecule has 0 atom stereocenters. The number of nitrogens with zero attached hydrogens (tertiary/aromatic N) is 1. The molecular weight excluding hydrogens is 353 g/mol. The second kappa shape index (κ2) is 6.17. The SMILES string of the molecule is Cc1ccc(F)c(NS(=O)(=O)c2cc(-c3ccc(=O)[nH]n3)cs2)c1. The van der Waals surface area contributed by atoms with E-state index in [1.165, 1.54) is 30.3 Å². The van der Waals surface area contributed by atoms with Crippen LogP contribution < -0.4 is 10.3 Å². The first-order valence-electron chi connectivity index (χ1n) is 6.79. The average molecular weight is 365 g/mol. The number of aromatic amines is 1. The minimum atomic E-state index is -3.92. The Balaban J connectivity index is 1.92. The Hall–Kier alpha value is -2.52. The van der Waals surface area contributed by atoms with Gasteiger partial charge in [0, 0.05) is 17.0 Å². The number of benzene rings is 1. The van der Waals surface area contributed by atoms with E-state index < -0.39 is 15.8 Å². The highest BCUT2D eigenvalue weighted by Gasteiger charge is 2.19. The van der Waals surface area contributed by atoms with E-state index in [9.17, 15) is 17.6 Å². The van der Waals surface area contributed by atoms with E-state index in [1.807, 2.05) is 0 Å². The maximum absolute atomic E-state index is 13.8. The Bertz CT molecular complexity index is 1040. The normalized spacial score (nSPS) is 11.4. The quantitative estimate of drug-likeness (QED) is 0.744. The number of hydrogen-bond donors (Lipinski definition) is 2. The number of aryl methyl sites for hydroxylation is 1. The van der Waals surface area contributed by atoms with E-state index in [0.29, 0.717) is 11.3 Å². The maximum Gasteiger partial charge on any atom is 0.271 e. The van der Waals surface area contributed by atoms with Crippen molar-refractivity contribution in [3.63, 3.8) is 0 Å². The molecule has 2 heterocycles. The first kappa shape index (κ1) is 16.3. The van der Waals surface area contributed by atoms with Crippen molar-refractivity contribution < 1.29 is 12.8 Å². The summed E-state index contributed by atoms with van der Waals surface area (Å²) in [5.41, 5.74) is 1.26. The van der Waals surface area contributed by atoms with E-state index >= 15 is 0 Å². The largest absolute Gasteiger partial charge is 0.276 e. The minimum absolute atomic E-state index is 0.0198. The number of anilines is 1. The summed E-state index contributed by atoms with van der Waals surface area (Å²) in [5, 5.41) is 7.73. The van der Waals surface area contributed by atoms with Gasteiger partial charge in [0.2, 0.25) is 0 Å². The van der Waals surface area contributed by atoms with Crippen molar-refractivity contribution in [3.05, 3.63) is 63.5 Å². The van der Waals surface area contributed by atoms with Gasteiger partial charge in [0.1, 0.15) is 10.0 Å². The van der Waals surface area contributed by atoms with Crippen LogP contribution in [-0.4, -0.2) is 18.6 Å². The van der Waals surface area contributed by atoms with Gasteiger partial charge < -0.3 is 0 Å². The Kier molecular flexibility index (Phi) is 4.20. The second-order valence-corrected chi connectivity index (χ2v) is 7.87. The zero-order valence-corrected chi connectivity index (χ0v) is 14.0. The van der Waals surface area contributed by atoms with Crippen molar-refractivity contribution in [2.24, 2.45) is 0 Å². The number of H-pyrrole nitrogens is 1. The summed E-state index contributed by atoms with van der Waals surface area (Å²) in [4.78, 5) is 11.0.